The Morgan fingerprint density at radius 1 is 1.11 bits per heavy atom. The largest absolute Gasteiger partial charge is 0.396 e. The van der Waals surface area contributed by atoms with E-state index in [2.05, 4.69) is 13.8 Å². The third-order valence-corrected chi connectivity index (χ3v) is 3.14. The van der Waals surface area contributed by atoms with Gasteiger partial charge in [-0.25, -0.2) is 0 Å². The lowest BCUT2D eigenvalue weighted by Crippen LogP contribution is -2.38. The second-order valence-corrected chi connectivity index (χ2v) is 5.56. The summed E-state index contributed by atoms with van der Waals surface area (Å²) in [6.45, 7) is 6.48. The van der Waals surface area contributed by atoms with Gasteiger partial charge in [-0.2, -0.15) is 0 Å². The first kappa shape index (κ1) is 16.2. The van der Waals surface area contributed by atoms with E-state index >= 15 is 0 Å². The predicted molar refractivity (Wildman–Crippen MR) is 77.0 cm³/mol. The van der Waals surface area contributed by atoms with Crippen molar-refractivity contribution >= 4 is 0 Å². The standard InChI is InChI=1S/C16H26O3/c1-12(2)11-19-16(13(3)18)15(10-17)9-14-7-5-4-6-8-14/h4-8,12-13,15-18H,9-11H2,1-3H3/t13-,15-,16-/m0/s1. The van der Waals surface area contributed by atoms with Crippen LogP contribution in [0.4, 0.5) is 0 Å². The Morgan fingerprint density at radius 3 is 2.21 bits per heavy atom. The van der Waals surface area contributed by atoms with Gasteiger partial charge in [0.25, 0.3) is 0 Å². The van der Waals surface area contributed by atoms with E-state index in [-0.39, 0.29) is 18.6 Å². The molecule has 2 N–H and O–H groups in total. The number of aliphatic hydroxyl groups excluding tert-OH is 2. The van der Waals surface area contributed by atoms with Crippen molar-refractivity contribution in [2.45, 2.75) is 39.4 Å². The lowest BCUT2D eigenvalue weighted by molar-refractivity contribution is -0.0798. The molecule has 1 aromatic carbocycles. The zero-order valence-corrected chi connectivity index (χ0v) is 12.1. The van der Waals surface area contributed by atoms with Crippen molar-refractivity contribution in [3.05, 3.63) is 35.9 Å². The maximum Gasteiger partial charge on any atom is 0.0884 e. The minimum atomic E-state index is -0.584. The molecule has 0 amide bonds. The normalized spacial score (nSPS) is 16.3. The topological polar surface area (TPSA) is 49.7 Å². The summed E-state index contributed by atoms with van der Waals surface area (Å²) in [5, 5.41) is 19.4. The van der Waals surface area contributed by atoms with Crippen LogP contribution in [0.3, 0.4) is 0 Å². The highest BCUT2D eigenvalue weighted by atomic mass is 16.5. The van der Waals surface area contributed by atoms with E-state index in [0.29, 0.717) is 18.9 Å². The van der Waals surface area contributed by atoms with Crippen LogP contribution in [-0.2, 0) is 11.2 Å². The van der Waals surface area contributed by atoms with Gasteiger partial charge in [-0.1, -0.05) is 44.2 Å². The highest BCUT2D eigenvalue weighted by Gasteiger charge is 2.26. The first-order chi connectivity index (χ1) is 9.04. The summed E-state index contributed by atoms with van der Waals surface area (Å²) in [6.07, 6.45) is -0.197. The summed E-state index contributed by atoms with van der Waals surface area (Å²) < 4.78 is 5.78. The van der Waals surface area contributed by atoms with Crippen LogP contribution in [-0.4, -0.2) is 35.6 Å². The third-order valence-electron chi connectivity index (χ3n) is 3.14. The molecular formula is C16H26O3. The average Bonchev–Trinajstić information content (AvgIpc) is 2.38. The van der Waals surface area contributed by atoms with E-state index in [1.807, 2.05) is 30.3 Å². The van der Waals surface area contributed by atoms with E-state index in [0.717, 1.165) is 5.56 Å². The fourth-order valence-electron chi connectivity index (χ4n) is 2.17. The first-order valence-corrected chi connectivity index (χ1v) is 6.99. The maximum absolute atomic E-state index is 9.87. The van der Waals surface area contributed by atoms with E-state index in [1.165, 1.54) is 0 Å². The SMILES string of the molecule is CC(C)CO[C@H]([C@H](CO)Cc1ccccc1)[C@H](C)O. The predicted octanol–water partition coefficient (Wildman–Crippen LogP) is 2.26. The Hall–Kier alpha value is -0.900. The van der Waals surface area contributed by atoms with Crippen LogP contribution < -0.4 is 0 Å². The molecule has 0 aliphatic rings. The number of aliphatic hydroxyl groups is 2. The van der Waals surface area contributed by atoms with E-state index < -0.39 is 6.10 Å². The third kappa shape index (κ3) is 5.72. The van der Waals surface area contributed by atoms with Crippen molar-refractivity contribution < 1.29 is 14.9 Å². The van der Waals surface area contributed by atoms with Crippen LogP contribution >= 0.6 is 0 Å². The zero-order chi connectivity index (χ0) is 14.3. The molecule has 1 rings (SSSR count). The van der Waals surface area contributed by atoms with Gasteiger partial charge in [-0.05, 0) is 24.8 Å². The molecular weight excluding hydrogens is 240 g/mol. The van der Waals surface area contributed by atoms with Crippen molar-refractivity contribution in [2.75, 3.05) is 13.2 Å². The molecule has 0 bridgehead atoms. The minimum Gasteiger partial charge on any atom is -0.396 e. The molecule has 108 valence electrons. The van der Waals surface area contributed by atoms with Crippen molar-refractivity contribution in [1.82, 2.24) is 0 Å². The van der Waals surface area contributed by atoms with Gasteiger partial charge in [0, 0.05) is 19.1 Å². The summed E-state index contributed by atoms with van der Waals surface area (Å²) in [5.74, 6) is 0.332. The summed E-state index contributed by atoms with van der Waals surface area (Å²) in [5.41, 5.74) is 1.15. The van der Waals surface area contributed by atoms with E-state index in [4.69, 9.17) is 4.74 Å². The minimum absolute atomic E-state index is 0.0164. The first-order valence-electron chi connectivity index (χ1n) is 6.99. The van der Waals surface area contributed by atoms with Crippen LogP contribution in [0.2, 0.25) is 0 Å². The second kappa shape index (κ2) is 8.31. The van der Waals surface area contributed by atoms with Gasteiger partial charge >= 0.3 is 0 Å². The van der Waals surface area contributed by atoms with Gasteiger partial charge in [0.2, 0.25) is 0 Å². The molecule has 0 aliphatic carbocycles. The fraction of sp³-hybridized carbons (Fsp3) is 0.625. The molecule has 19 heavy (non-hydrogen) atoms. The average molecular weight is 266 g/mol. The molecule has 0 heterocycles. The van der Waals surface area contributed by atoms with Gasteiger partial charge < -0.3 is 14.9 Å². The molecule has 0 aliphatic heterocycles. The number of hydrogen-bond donors (Lipinski definition) is 2. The smallest absolute Gasteiger partial charge is 0.0884 e. The molecule has 3 heteroatoms. The van der Waals surface area contributed by atoms with Crippen LogP contribution in [0, 0.1) is 11.8 Å². The van der Waals surface area contributed by atoms with Gasteiger partial charge in [-0.15, -0.1) is 0 Å². The Morgan fingerprint density at radius 2 is 1.74 bits per heavy atom. The highest BCUT2D eigenvalue weighted by Crippen LogP contribution is 2.18. The van der Waals surface area contributed by atoms with Crippen molar-refractivity contribution in [2.24, 2.45) is 11.8 Å². The molecule has 3 nitrogen and oxygen atoms in total. The van der Waals surface area contributed by atoms with E-state index in [9.17, 15) is 10.2 Å². The molecule has 0 saturated carbocycles. The van der Waals surface area contributed by atoms with Crippen LogP contribution in [0.1, 0.15) is 26.3 Å². The van der Waals surface area contributed by atoms with Crippen molar-refractivity contribution in [1.29, 1.82) is 0 Å². The van der Waals surface area contributed by atoms with Crippen LogP contribution in [0.25, 0.3) is 0 Å². The van der Waals surface area contributed by atoms with Gasteiger partial charge in [0.15, 0.2) is 0 Å². The molecule has 0 spiro atoms. The summed E-state index contributed by atoms with van der Waals surface area (Å²) in [6, 6.07) is 10.00. The van der Waals surface area contributed by atoms with Gasteiger partial charge in [-0.3, -0.25) is 0 Å². The molecule has 0 fully saturated rings. The Balaban J connectivity index is 2.67. The lowest BCUT2D eigenvalue weighted by atomic mass is 9.92. The molecule has 3 atom stereocenters. The van der Waals surface area contributed by atoms with Crippen LogP contribution in [0.5, 0.6) is 0 Å². The van der Waals surface area contributed by atoms with Gasteiger partial charge in [0.05, 0.1) is 12.2 Å². The summed E-state index contributed by atoms with van der Waals surface area (Å²) in [4.78, 5) is 0. The van der Waals surface area contributed by atoms with Crippen molar-refractivity contribution in [3.63, 3.8) is 0 Å². The highest BCUT2D eigenvalue weighted by molar-refractivity contribution is 5.15. The monoisotopic (exact) mass is 266 g/mol. The fourth-order valence-corrected chi connectivity index (χ4v) is 2.17. The number of benzene rings is 1. The molecule has 0 radical (unpaired) electrons. The number of rotatable bonds is 8. The zero-order valence-electron chi connectivity index (χ0n) is 12.1. The molecule has 1 aromatic rings. The summed E-state index contributed by atoms with van der Waals surface area (Å²) in [7, 11) is 0. The second-order valence-electron chi connectivity index (χ2n) is 5.56. The van der Waals surface area contributed by atoms with E-state index in [1.54, 1.807) is 6.92 Å². The molecule has 0 saturated heterocycles. The summed E-state index contributed by atoms with van der Waals surface area (Å²) >= 11 is 0. The van der Waals surface area contributed by atoms with Crippen molar-refractivity contribution in [3.8, 4) is 0 Å². The Kier molecular flexibility index (Phi) is 7.06. The Labute approximate surface area is 116 Å². The molecule has 0 aromatic heterocycles. The molecule has 0 unspecified atom stereocenters. The quantitative estimate of drug-likeness (QED) is 0.759. The van der Waals surface area contributed by atoms with Gasteiger partial charge in [0.1, 0.15) is 0 Å². The Bertz CT molecular complexity index is 335. The number of ether oxygens (including phenoxy) is 1. The maximum atomic E-state index is 9.87. The number of hydrogen-bond acceptors (Lipinski definition) is 3. The lowest BCUT2D eigenvalue weighted by Gasteiger charge is -2.29. The van der Waals surface area contributed by atoms with Crippen LogP contribution in [0.15, 0.2) is 30.3 Å².